The molecule has 2 aliphatic rings. The molecule has 0 saturated carbocycles. The topological polar surface area (TPSA) is 55.7 Å². The molecule has 19 heavy (non-hydrogen) atoms. The minimum atomic E-state index is -4.53. The zero-order chi connectivity index (χ0) is 14.2. The first-order valence-corrected chi connectivity index (χ1v) is 5.22. The van der Waals surface area contributed by atoms with E-state index in [1.165, 1.54) is 0 Å². The smallest absolute Gasteiger partial charge is 0.416 e. The number of halogens is 3. The molecule has 1 atom stereocenters. The number of carbonyl (C=O) groups is 2. The van der Waals surface area contributed by atoms with Gasteiger partial charge in [-0.15, -0.1) is 0 Å². The fourth-order valence-corrected chi connectivity index (χ4v) is 1.72. The normalized spacial score (nSPS) is 22.2. The van der Waals surface area contributed by atoms with Crippen molar-refractivity contribution < 1.29 is 27.5 Å². The maximum atomic E-state index is 12.6. The van der Waals surface area contributed by atoms with Crippen LogP contribution in [0, 0.1) is 5.92 Å². The van der Waals surface area contributed by atoms with E-state index >= 15 is 0 Å². The molecule has 100 valence electrons. The minimum Gasteiger partial charge on any atom is -0.464 e. The summed E-state index contributed by atoms with van der Waals surface area (Å²) in [6.07, 6.45) is -0.845. The van der Waals surface area contributed by atoms with E-state index in [0.717, 1.165) is 31.4 Å². The second kappa shape index (κ2) is 4.49. The van der Waals surface area contributed by atoms with Gasteiger partial charge in [0.15, 0.2) is 11.5 Å². The number of aliphatic imine (C=N–C) groups is 1. The van der Waals surface area contributed by atoms with Crippen molar-refractivity contribution in [2.45, 2.75) is 6.18 Å². The Bertz CT molecular complexity index is 567. The van der Waals surface area contributed by atoms with Gasteiger partial charge in [0.05, 0.1) is 24.3 Å². The van der Waals surface area contributed by atoms with Gasteiger partial charge in [0, 0.05) is 6.08 Å². The predicted molar refractivity (Wildman–Crippen MR) is 59.3 cm³/mol. The molecule has 0 saturated heterocycles. The number of methoxy groups -OCH3 is 1. The molecule has 4 nitrogen and oxygen atoms in total. The zero-order valence-corrected chi connectivity index (χ0v) is 9.69. The highest BCUT2D eigenvalue weighted by Gasteiger charge is 2.37. The molecule has 0 N–H and O–H groups in total. The third kappa shape index (κ3) is 2.49. The van der Waals surface area contributed by atoms with Crippen molar-refractivity contribution >= 4 is 17.5 Å². The second-order valence-corrected chi connectivity index (χ2v) is 3.89. The molecular formula is C12H8F3NO3. The van der Waals surface area contributed by atoms with Crippen LogP contribution in [0.15, 0.2) is 40.6 Å². The van der Waals surface area contributed by atoms with Crippen LogP contribution in [-0.4, -0.2) is 30.8 Å². The van der Waals surface area contributed by atoms with Crippen molar-refractivity contribution in [3.63, 3.8) is 0 Å². The third-order valence-corrected chi connectivity index (χ3v) is 2.65. The summed E-state index contributed by atoms with van der Waals surface area (Å²) in [5.41, 5.74) is -1.32. The van der Waals surface area contributed by atoms with E-state index in [-0.39, 0.29) is 11.4 Å². The van der Waals surface area contributed by atoms with Gasteiger partial charge in [-0.25, -0.2) is 9.79 Å². The van der Waals surface area contributed by atoms with Crippen LogP contribution in [0.3, 0.4) is 0 Å². The van der Waals surface area contributed by atoms with Gasteiger partial charge in [0.2, 0.25) is 0 Å². The molecule has 0 aromatic rings. The lowest BCUT2D eigenvalue weighted by atomic mass is 9.88. The number of allylic oxidation sites excluding steroid dienone is 5. The number of nitrogens with zero attached hydrogens (tertiary/aromatic N) is 1. The van der Waals surface area contributed by atoms with E-state index in [4.69, 9.17) is 0 Å². The van der Waals surface area contributed by atoms with Gasteiger partial charge in [-0.05, 0) is 6.08 Å². The molecule has 0 spiro atoms. The van der Waals surface area contributed by atoms with Crippen LogP contribution in [0.1, 0.15) is 0 Å². The van der Waals surface area contributed by atoms with Crippen molar-refractivity contribution in [3.8, 4) is 0 Å². The molecule has 7 heteroatoms. The van der Waals surface area contributed by atoms with Crippen LogP contribution in [-0.2, 0) is 14.3 Å². The van der Waals surface area contributed by atoms with E-state index in [1.54, 1.807) is 0 Å². The van der Waals surface area contributed by atoms with Gasteiger partial charge in [-0.3, -0.25) is 4.79 Å². The van der Waals surface area contributed by atoms with Crippen LogP contribution >= 0.6 is 0 Å². The molecule has 1 unspecified atom stereocenters. The molecule has 0 aromatic heterocycles. The number of rotatable bonds is 1. The van der Waals surface area contributed by atoms with Gasteiger partial charge in [0.25, 0.3) is 0 Å². The molecular weight excluding hydrogens is 263 g/mol. The summed E-state index contributed by atoms with van der Waals surface area (Å²) in [5, 5.41) is 0. The highest BCUT2D eigenvalue weighted by molar-refractivity contribution is 6.21. The summed E-state index contributed by atoms with van der Waals surface area (Å²) < 4.78 is 42.0. The van der Waals surface area contributed by atoms with Gasteiger partial charge in [-0.2, -0.15) is 13.2 Å². The average Bonchev–Trinajstić information content (AvgIpc) is 2.36. The number of carbonyl (C=O) groups excluding carboxylic acids is 2. The van der Waals surface area contributed by atoms with E-state index in [9.17, 15) is 22.8 Å². The minimum absolute atomic E-state index is 0.109. The SMILES string of the molecule is COC(=O)C1=CC(=O)C2C=CC(C(F)(F)F)=CC2=N1. The predicted octanol–water partition coefficient (Wildman–Crippen LogP) is 1.74. The van der Waals surface area contributed by atoms with E-state index in [2.05, 4.69) is 9.73 Å². The summed E-state index contributed by atoms with van der Waals surface area (Å²) in [4.78, 5) is 26.7. The summed E-state index contributed by atoms with van der Waals surface area (Å²) in [6.45, 7) is 0. The van der Waals surface area contributed by atoms with Crippen molar-refractivity contribution in [2.75, 3.05) is 7.11 Å². The first-order chi connectivity index (χ1) is 8.82. The Balaban J connectivity index is 2.41. The fraction of sp³-hybridized carbons (Fsp3) is 0.250. The second-order valence-electron chi connectivity index (χ2n) is 3.89. The Morgan fingerprint density at radius 3 is 2.63 bits per heavy atom. The molecule has 1 heterocycles. The quantitative estimate of drug-likeness (QED) is 0.682. The number of ketones is 1. The third-order valence-electron chi connectivity index (χ3n) is 2.65. The van der Waals surface area contributed by atoms with Crippen LogP contribution in [0.2, 0.25) is 0 Å². The van der Waals surface area contributed by atoms with E-state index < -0.39 is 29.4 Å². The number of alkyl halides is 3. The molecule has 2 rings (SSSR count). The van der Waals surface area contributed by atoms with Gasteiger partial charge in [-0.1, -0.05) is 12.2 Å². The average molecular weight is 271 g/mol. The largest absolute Gasteiger partial charge is 0.464 e. The van der Waals surface area contributed by atoms with Gasteiger partial charge >= 0.3 is 12.1 Å². The van der Waals surface area contributed by atoms with Gasteiger partial charge < -0.3 is 4.74 Å². The summed E-state index contributed by atoms with van der Waals surface area (Å²) in [6, 6.07) is 0. The van der Waals surface area contributed by atoms with Gasteiger partial charge in [0.1, 0.15) is 0 Å². The van der Waals surface area contributed by atoms with Crippen LogP contribution < -0.4 is 0 Å². The molecule has 1 aliphatic heterocycles. The number of ether oxygens (including phenoxy) is 1. The first-order valence-electron chi connectivity index (χ1n) is 5.22. The number of esters is 1. The van der Waals surface area contributed by atoms with Crippen molar-refractivity contribution in [2.24, 2.45) is 10.9 Å². The standard InChI is InChI=1S/C12H8F3NO3/c1-19-11(18)9-5-10(17)7-3-2-6(12(13,14)15)4-8(7)16-9/h2-5,7H,1H3. The van der Waals surface area contributed by atoms with Crippen molar-refractivity contribution in [1.29, 1.82) is 0 Å². The Hall–Kier alpha value is -2.18. The fourth-order valence-electron chi connectivity index (χ4n) is 1.72. The summed E-state index contributed by atoms with van der Waals surface area (Å²) in [7, 11) is 1.09. The van der Waals surface area contributed by atoms with Crippen LogP contribution in [0.25, 0.3) is 0 Å². The molecule has 0 bridgehead atoms. The Morgan fingerprint density at radius 1 is 1.37 bits per heavy atom. The monoisotopic (exact) mass is 271 g/mol. The molecule has 0 aromatic carbocycles. The lowest BCUT2D eigenvalue weighted by Gasteiger charge is -2.21. The van der Waals surface area contributed by atoms with Crippen molar-refractivity contribution in [1.82, 2.24) is 0 Å². The van der Waals surface area contributed by atoms with E-state index in [0.29, 0.717) is 0 Å². The maximum absolute atomic E-state index is 12.6. The lowest BCUT2D eigenvalue weighted by molar-refractivity contribution is -0.136. The summed E-state index contributed by atoms with van der Waals surface area (Å²) in [5.74, 6) is -2.24. The zero-order valence-electron chi connectivity index (χ0n) is 9.69. The van der Waals surface area contributed by atoms with E-state index in [1.807, 2.05) is 0 Å². The molecule has 0 amide bonds. The van der Waals surface area contributed by atoms with Crippen LogP contribution in [0.4, 0.5) is 13.2 Å². The first kappa shape index (κ1) is 13.3. The van der Waals surface area contributed by atoms with Crippen LogP contribution in [0.5, 0.6) is 0 Å². The highest BCUT2D eigenvalue weighted by atomic mass is 19.4. The Kier molecular flexibility index (Phi) is 3.13. The highest BCUT2D eigenvalue weighted by Crippen LogP contribution is 2.31. The molecule has 1 aliphatic carbocycles. The number of fused-ring (bicyclic) bond motifs is 1. The summed E-state index contributed by atoms with van der Waals surface area (Å²) >= 11 is 0. The number of hydrogen-bond acceptors (Lipinski definition) is 4. The maximum Gasteiger partial charge on any atom is 0.416 e. The number of hydrogen-bond donors (Lipinski definition) is 0. The molecule has 0 fully saturated rings. The Morgan fingerprint density at radius 2 is 2.05 bits per heavy atom. The lowest BCUT2D eigenvalue weighted by Crippen LogP contribution is -2.28. The van der Waals surface area contributed by atoms with Crippen molar-refractivity contribution in [3.05, 3.63) is 35.6 Å². The molecule has 0 radical (unpaired) electrons. The Labute approximate surface area is 106 Å².